The lowest BCUT2D eigenvalue weighted by atomic mass is 10.0. The molecular weight excluding hydrogens is 422 g/mol. The highest BCUT2D eigenvalue weighted by molar-refractivity contribution is 7.11. The Morgan fingerprint density at radius 3 is 2.72 bits per heavy atom. The van der Waals surface area contributed by atoms with Gasteiger partial charge in [0.05, 0.1) is 0 Å². The number of pyridine rings is 1. The third-order valence-corrected chi connectivity index (χ3v) is 7.09. The van der Waals surface area contributed by atoms with Crippen LogP contribution in [0.3, 0.4) is 0 Å². The third kappa shape index (κ3) is 4.03. The van der Waals surface area contributed by atoms with Gasteiger partial charge in [0.15, 0.2) is 5.01 Å². The van der Waals surface area contributed by atoms with E-state index < -0.39 is 0 Å². The van der Waals surface area contributed by atoms with Gasteiger partial charge in [-0.3, -0.25) is 19.5 Å². The summed E-state index contributed by atoms with van der Waals surface area (Å²) in [6.45, 7) is 5.61. The molecule has 2 aliphatic heterocycles. The standard InChI is InChI=1S/C24H25N5O2S/c1-17-15-25-6-5-21(17)18-3-2-4-19(13-18)29-16-20(14-22(29)30)27-8-10-28(11-9-27)24(31)23-26-7-12-32-23/h2-7,12-13,15,20H,8-11,14,16H2,1H3. The summed E-state index contributed by atoms with van der Waals surface area (Å²) >= 11 is 1.38. The van der Waals surface area contributed by atoms with Crippen LogP contribution in [0.2, 0.25) is 0 Å². The number of piperazine rings is 1. The number of aromatic nitrogens is 2. The number of benzene rings is 1. The van der Waals surface area contributed by atoms with Crippen LogP contribution in [0.25, 0.3) is 11.1 Å². The first-order valence-corrected chi connectivity index (χ1v) is 11.7. The molecule has 7 nitrogen and oxygen atoms in total. The molecule has 1 atom stereocenters. The van der Waals surface area contributed by atoms with Crippen LogP contribution >= 0.6 is 11.3 Å². The van der Waals surface area contributed by atoms with Gasteiger partial charge in [0.2, 0.25) is 5.91 Å². The van der Waals surface area contributed by atoms with E-state index in [0.717, 1.165) is 35.5 Å². The zero-order valence-corrected chi connectivity index (χ0v) is 18.8. The quantitative estimate of drug-likeness (QED) is 0.615. The van der Waals surface area contributed by atoms with Crippen molar-refractivity contribution in [2.75, 3.05) is 37.6 Å². The van der Waals surface area contributed by atoms with Crippen molar-refractivity contribution in [2.45, 2.75) is 19.4 Å². The summed E-state index contributed by atoms with van der Waals surface area (Å²) in [7, 11) is 0. The minimum absolute atomic E-state index is 0.00648. The molecule has 2 amide bonds. The van der Waals surface area contributed by atoms with E-state index in [2.05, 4.69) is 27.0 Å². The molecule has 2 aliphatic rings. The summed E-state index contributed by atoms with van der Waals surface area (Å²) in [5, 5.41) is 2.37. The summed E-state index contributed by atoms with van der Waals surface area (Å²) in [4.78, 5) is 39.9. The Morgan fingerprint density at radius 2 is 1.97 bits per heavy atom. The zero-order valence-electron chi connectivity index (χ0n) is 18.0. The van der Waals surface area contributed by atoms with Crippen LogP contribution in [0.5, 0.6) is 0 Å². The summed E-state index contributed by atoms with van der Waals surface area (Å²) in [6, 6.07) is 10.4. The third-order valence-electron chi connectivity index (χ3n) is 6.33. The van der Waals surface area contributed by atoms with Gasteiger partial charge < -0.3 is 9.80 Å². The molecule has 5 rings (SSSR count). The lowest BCUT2D eigenvalue weighted by Crippen LogP contribution is -2.52. The maximum Gasteiger partial charge on any atom is 0.282 e. The number of thiazole rings is 1. The van der Waals surface area contributed by atoms with Crippen LogP contribution < -0.4 is 4.90 Å². The molecule has 0 saturated carbocycles. The highest BCUT2D eigenvalue weighted by atomic mass is 32.1. The van der Waals surface area contributed by atoms with Crippen molar-refractivity contribution in [3.05, 3.63) is 64.9 Å². The number of carbonyl (C=O) groups is 2. The lowest BCUT2D eigenvalue weighted by Gasteiger charge is -2.37. The molecule has 0 spiro atoms. The number of amides is 2. The number of carbonyl (C=O) groups excluding carboxylic acids is 2. The molecule has 2 fully saturated rings. The Bertz CT molecular complexity index is 1120. The van der Waals surface area contributed by atoms with Crippen molar-refractivity contribution in [1.82, 2.24) is 19.8 Å². The smallest absolute Gasteiger partial charge is 0.282 e. The zero-order chi connectivity index (χ0) is 22.1. The maximum atomic E-state index is 12.9. The Hall–Kier alpha value is -3.10. The average molecular weight is 448 g/mol. The molecule has 0 aliphatic carbocycles. The van der Waals surface area contributed by atoms with Crippen molar-refractivity contribution in [3.63, 3.8) is 0 Å². The minimum atomic E-state index is 0.00648. The molecule has 2 aromatic heterocycles. The Kier molecular flexibility index (Phi) is 5.71. The van der Waals surface area contributed by atoms with E-state index in [0.29, 0.717) is 31.1 Å². The molecule has 0 N–H and O–H groups in total. The molecule has 1 unspecified atom stereocenters. The van der Waals surface area contributed by atoms with Crippen LogP contribution in [-0.4, -0.2) is 70.3 Å². The second kappa shape index (κ2) is 8.80. The van der Waals surface area contributed by atoms with Gasteiger partial charge in [-0.15, -0.1) is 11.3 Å². The van der Waals surface area contributed by atoms with Crippen molar-refractivity contribution in [2.24, 2.45) is 0 Å². The van der Waals surface area contributed by atoms with Crippen molar-refractivity contribution in [1.29, 1.82) is 0 Å². The minimum Gasteiger partial charge on any atom is -0.334 e. The van der Waals surface area contributed by atoms with Crippen LogP contribution in [0, 0.1) is 6.92 Å². The predicted octanol–water partition coefficient (Wildman–Crippen LogP) is 3.08. The van der Waals surface area contributed by atoms with Gasteiger partial charge in [0.1, 0.15) is 0 Å². The van der Waals surface area contributed by atoms with E-state index in [-0.39, 0.29) is 17.9 Å². The summed E-state index contributed by atoms with van der Waals surface area (Å²) in [6.07, 6.45) is 5.83. The first-order valence-electron chi connectivity index (χ1n) is 10.8. The molecule has 0 bridgehead atoms. The molecule has 32 heavy (non-hydrogen) atoms. The fourth-order valence-corrected chi connectivity index (χ4v) is 5.18. The SMILES string of the molecule is Cc1cnccc1-c1cccc(N2CC(N3CCN(C(=O)c4nccs4)CC3)CC2=O)c1. The Labute approximate surface area is 191 Å². The van der Waals surface area contributed by atoms with Gasteiger partial charge in [0, 0.05) is 74.8 Å². The first kappa shape index (κ1) is 20.8. The van der Waals surface area contributed by atoms with E-state index in [9.17, 15) is 9.59 Å². The number of aryl methyl sites for hydroxylation is 1. The Morgan fingerprint density at radius 1 is 1.12 bits per heavy atom. The van der Waals surface area contributed by atoms with Crippen molar-refractivity contribution < 1.29 is 9.59 Å². The maximum absolute atomic E-state index is 12.9. The van der Waals surface area contributed by atoms with Crippen LogP contribution in [0.4, 0.5) is 5.69 Å². The van der Waals surface area contributed by atoms with E-state index in [1.165, 1.54) is 11.3 Å². The molecule has 2 saturated heterocycles. The number of hydrogen-bond donors (Lipinski definition) is 0. The molecule has 4 heterocycles. The summed E-state index contributed by atoms with van der Waals surface area (Å²) in [5.74, 6) is 0.159. The Balaban J connectivity index is 1.25. The first-order chi connectivity index (χ1) is 15.6. The topological polar surface area (TPSA) is 69.6 Å². The lowest BCUT2D eigenvalue weighted by molar-refractivity contribution is -0.117. The van der Waals surface area contributed by atoms with Crippen molar-refractivity contribution >= 4 is 28.8 Å². The fraction of sp³-hybridized carbons (Fsp3) is 0.333. The van der Waals surface area contributed by atoms with Gasteiger partial charge in [0.25, 0.3) is 5.91 Å². The largest absolute Gasteiger partial charge is 0.334 e. The molecule has 164 valence electrons. The monoisotopic (exact) mass is 447 g/mol. The second-order valence-electron chi connectivity index (χ2n) is 8.27. The molecule has 1 aromatic carbocycles. The molecule has 8 heteroatoms. The van der Waals surface area contributed by atoms with Crippen LogP contribution in [0.1, 0.15) is 21.8 Å². The summed E-state index contributed by atoms with van der Waals surface area (Å²) in [5.41, 5.74) is 4.27. The van der Waals surface area contributed by atoms with Gasteiger partial charge >= 0.3 is 0 Å². The van der Waals surface area contributed by atoms with Gasteiger partial charge in [-0.2, -0.15) is 0 Å². The highest BCUT2D eigenvalue weighted by Gasteiger charge is 2.36. The number of rotatable bonds is 4. The highest BCUT2D eigenvalue weighted by Crippen LogP contribution is 2.30. The van der Waals surface area contributed by atoms with Gasteiger partial charge in [-0.05, 0) is 41.8 Å². The average Bonchev–Trinajstić information content (AvgIpc) is 3.49. The summed E-state index contributed by atoms with van der Waals surface area (Å²) < 4.78 is 0. The van der Waals surface area contributed by atoms with Crippen LogP contribution in [0.15, 0.2) is 54.3 Å². The van der Waals surface area contributed by atoms with Gasteiger partial charge in [-0.25, -0.2) is 4.98 Å². The van der Waals surface area contributed by atoms with E-state index >= 15 is 0 Å². The molecule has 0 radical (unpaired) electrons. The van der Waals surface area contributed by atoms with E-state index in [1.54, 1.807) is 12.4 Å². The fourth-order valence-electron chi connectivity index (χ4n) is 4.58. The van der Waals surface area contributed by atoms with E-state index in [1.807, 2.05) is 46.5 Å². The normalized spacial score (nSPS) is 19.5. The number of hydrogen-bond acceptors (Lipinski definition) is 6. The number of nitrogens with zero attached hydrogens (tertiary/aromatic N) is 5. The van der Waals surface area contributed by atoms with E-state index in [4.69, 9.17) is 0 Å². The van der Waals surface area contributed by atoms with Crippen LogP contribution in [-0.2, 0) is 4.79 Å². The van der Waals surface area contributed by atoms with Gasteiger partial charge in [-0.1, -0.05) is 12.1 Å². The number of anilines is 1. The van der Waals surface area contributed by atoms with Crippen molar-refractivity contribution in [3.8, 4) is 11.1 Å². The molecule has 3 aromatic rings. The molecular formula is C24H25N5O2S. The second-order valence-corrected chi connectivity index (χ2v) is 9.16. The predicted molar refractivity (Wildman–Crippen MR) is 125 cm³/mol.